The first-order valence-electron chi connectivity index (χ1n) is 10.3. The Morgan fingerprint density at radius 3 is 2.76 bits per heavy atom. The third-order valence-corrected chi connectivity index (χ3v) is 6.99. The summed E-state index contributed by atoms with van der Waals surface area (Å²) in [4.78, 5) is 19.7. The molecular weight excluding hydrogens is 426 g/mol. The molecule has 0 spiro atoms. The molecule has 29 heavy (non-hydrogen) atoms. The van der Waals surface area contributed by atoms with E-state index in [1.807, 2.05) is 11.1 Å². The van der Waals surface area contributed by atoms with Crippen LogP contribution in [-0.4, -0.2) is 33.4 Å². The summed E-state index contributed by atoms with van der Waals surface area (Å²) in [6.45, 7) is 4.00. The number of nitrogens with zero attached hydrogens (tertiary/aromatic N) is 3. The molecule has 0 saturated carbocycles. The standard InChI is InChI=1S/C24H24BrN3O/c1-17-11-14-27(16-17)22(29)10-12-24(18-6-8-19(25)9-7-18)21-5-3-2-4-20(21)23-26-13-15-28(23)24/h2-9,13,15,17H,10-12,14,16H2,1H3. The van der Waals surface area contributed by atoms with Crippen molar-refractivity contribution >= 4 is 21.8 Å². The lowest BCUT2D eigenvalue weighted by Gasteiger charge is -2.34. The second-order valence-electron chi connectivity index (χ2n) is 8.27. The number of amides is 1. The van der Waals surface area contributed by atoms with Crippen molar-refractivity contribution in [2.75, 3.05) is 13.1 Å². The molecule has 0 radical (unpaired) electrons. The van der Waals surface area contributed by atoms with Gasteiger partial charge in [0, 0.05) is 41.9 Å². The van der Waals surface area contributed by atoms with Gasteiger partial charge in [-0.3, -0.25) is 4.79 Å². The summed E-state index contributed by atoms with van der Waals surface area (Å²) in [5.41, 5.74) is 3.16. The smallest absolute Gasteiger partial charge is 0.222 e. The Kier molecular flexibility index (Phi) is 4.58. The fourth-order valence-electron chi connectivity index (χ4n) is 5.01. The summed E-state index contributed by atoms with van der Waals surface area (Å²) in [5.74, 6) is 1.84. The van der Waals surface area contributed by atoms with E-state index in [-0.39, 0.29) is 5.91 Å². The number of likely N-dealkylation sites (tertiary alicyclic amines) is 1. The van der Waals surface area contributed by atoms with Crippen molar-refractivity contribution in [3.05, 3.63) is 76.5 Å². The van der Waals surface area contributed by atoms with E-state index in [1.54, 1.807) is 0 Å². The van der Waals surface area contributed by atoms with Gasteiger partial charge in [0.2, 0.25) is 5.91 Å². The molecular formula is C24H24BrN3O. The Balaban J connectivity index is 1.59. The zero-order chi connectivity index (χ0) is 20.0. The van der Waals surface area contributed by atoms with Gasteiger partial charge in [0.1, 0.15) is 5.82 Å². The normalized spacial score (nSPS) is 22.6. The van der Waals surface area contributed by atoms with Crippen LogP contribution in [-0.2, 0) is 10.3 Å². The Labute approximate surface area is 179 Å². The molecule has 2 aliphatic rings. The predicted octanol–water partition coefficient (Wildman–Crippen LogP) is 5.07. The first kappa shape index (κ1) is 18.6. The molecule has 2 aliphatic heterocycles. The molecule has 5 heteroatoms. The number of imidazole rings is 1. The first-order valence-corrected chi connectivity index (χ1v) is 11.1. The number of halogens is 1. The monoisotopic (exact) mass is 449 g/mol. The highest BCUT2D eigenvalue weighted by atomic mass is 79.9. The van der Waals surface area contributed by atoms with E-state index in [4.69, 9.17) is 0 Å². The highest BCUT2D eigenvalue weighted by molar-refractivity contribution is 9.10. The van der Waals surface area contributed by atoms with Crippen molar-refractivity contribution in [2.24, 2.45) is 5.92 Å². The largest absolute Gasteiger partial charge is 0.342 e. The van der Waals surface area contributed by atoms with Crippen LogP contribution in [0, 0.1) is 5.92 Å². The Morgan fingerprint density at radius 1 is 1.21 bits per heavy atom. The van der Waals surface area contributed by atoms with Crippen LogP contribution in [0.3, 0.4) is 0 Å². The molecule has 0 bridgehead atoms. The number of benzene rings is 2. The summed E-state index contributed by atoms with van der Waals surface area (Å²) >= 11 is 3.56. The van der Waals surface area contributed by atoms with Gasteiger partial charge in [-0.05, 0) is 42.0 Å². The third kappa shape index (κ3) is 2.94. The lowest BCUT2D eigenvalue weighted by molar-refractivity contribution is -0.130. The maximum atomic E-state index is 13.0. The molecule has 1 saturated heterocycles. The van der Waals surface area contributed by atoms with Crippen LogP contribution in [0.1, 0.15) is 37.3 Å². The molecule has 5 rings (SSSR count). The highest BCUT2D eigenvalue weighted by Gasteiger charge is 2.45. The highest BCUT2D eigenvalue weighted by Crippen LogP contribution is 2.49. The molecule has 4 nitrogen and oxygen atoms in total. The molecule has 0 aliphatic carbocycles. The van der Waals surface area contributed by atoms with Crippen LogP contribution in [0.5, 0.6) is 0 Å². The van der Waals surface area contributed by atoms with Crippen LogP contribution < -0.4 is 0 Å². The topological polar surface area (TPSA) is 38.1 Å². The average molecular weight is 450 g/mol. The summed E-state index contributed by atoms with van der Waals surface area (Å²) < 4.78 is 3.32. The van der Waals surface area contributed by atoms with E-state index < -0.39 is 5.54 Å². The average Bonchev–Trinajstić information content (AvgIpc) is 3.44. The van der Waals surface area contributed by atoms with Crippen molar-refractivity contribution in [2.45, 2.75) is 31.7 Å². The summed E-state index contributed by atoms with van der Waals surface area (Å²) in [7, 11) is 0. The minimum atomic E-state index is -0.413. The van der Waals surface area contributed by atoms with Gasteiger partial charge >= 0.3 is 0 Å². The lowest BCUT2D eigenvalue weighted by Crippen LogP contribution is -2.36. The summed E-state index contributed by atoms with van der Waals surface area (Å²) in [6.07, 6.45) is 6.27. The van der Waals surface area contributed by atoms with Crippen molar-refractivity contribution in [3.8, 4) is 11.4 Å². The Morgan fingerprint density at radius 2 is 2.00 bits per heavy atom. The molecule has 3 heterocycles. The van der Waals surface area contributed by atoms with Gasteiger partial charge in [-0.2, -0.15) is 0 Å². The van der Waals surface area contributed by atoms with Gasteiger partial charge in [0.15, 0.2) is 0 Å². The van der Waals surface area contributed by atoms with Crippen LogP contribution >= 0.6 is 15.9 Å². The van der Waals surface area contributed by atoms with Gasteiger partial charge < -0.3 is 9.47 Å². The predicted molar refractivity (Wildman–Crippen MR) is 118 cm³/mol. The lowest BCUT2D eigenvalue weighted by atomic mass is 9.79. The number of hydrogen-bond donors (Lipinski definition) is 0. The van der Waals surface area contributed by atoms with Gasteiger partial charge in [-0.15, -0.1) is 0 Å². The van der Waals surface area contributed by atoms with Crippen molar-refractivity contribution in [1.29, 1.82) is 0 Å². The molecule has 1 amide bonds. The molecule has 148 valence electrons. The van der Waals surface area contributed by atoms with Crippen LogP contribution in [0.2, 0.25) is 0 Å². The minimum Gasteiger partial charge on any atom is -0.342 e. The number of hydrogen-bond acceptors (Lipinski definition) is 2. The Hall–Kier alpha value is -2.40. The van der Waals surface area contributed by atoms with Crippen molar-refractivity contribution in [1.82, 2.24) is 14.5 Å². The first-order chi connectivity index (χ1) is 14.1. The number of carbonyl (C=O) groups excluding carboxylic acids is 1. The van der Waals surface area contributed by atoms with E-state index in [0.29, 0.717) is 12.3 Å². The number of rotatable bonds is 4. The maximum absolute atomic E-state index is 13.0. The number of aromatic nitrogens is 2. The fourth-order valence-corrected chi connectivity index (χ4v) is 5.27. The van der Waals surface area contributed by atoms with Crippen molar-refractivity contribution < 1.29 is 4.79 Å². The fraction of sp³-hybridized carbons (Fsp3) is 0.333. The maximum Gasteiger partial charge on any atom is 0.222 e. The zero-order valence-corrected chi connectivity index (χ0v) is 18.1. The van der Waals surface area contributed by atoms with E-state index in [0.717, 1.165) is 41.8 Å². The van der Waals surface area contributed by atoms with E-state index in [9.17, 15) is 4.79 Å². The third-order valence-electron chi connectivity index (χ3n) is 6.46. The summed E-state index contributed by atoms with van der Waals surface area (Å²) in [5, 5.41) is 0. The van der Waals surface area contributed by atoms with Crippen molar-refractivity contribution in [3.63, 3.8) is 0 Å². The van der Waals surface area contributed by atoms with Gasteiger partial charge in [-0.1, -0.05) is 59.3 Å². The zero-order valence-electron chi connectivity index (χ0n) is 16.5. The molecule has 2 aromatic carbocycles. The van der Waals surface area contributed by atoms with E-state index in [1.165, 1.54) is 11.1 Å². The molecule has 3 aromatic rings. The SMILES string of the molecule is CC1CCN(C(=O)CCC2(c3ccc(Br)cc3)c3ccccc3-c3nccn32)C1. The molecule has 2 atom stereocenters. The molecule has 1 fully saturated rings. The quantitative estimate of drug-likeness (QED) is 0.557. The van der Waals surface area contributed by atoms with Gasteiger partial charge in [0.25, 0.3) is 0 Å². The number of carbonyl (C=O) groups is 1. The van der Waals surface area contributed by atoms with E-state index >= 15 is 0 Å². The molecule has 0 N–H and O–H groups in total. The van der Waals surface area contributed by atoms with Gasteiger partial charge in [0.05, 0.1) is 5.54 Å². The number of fused-ring (bicyclic) bond motifs is 3. The van der Waals surface area contributed by atoms with Crippen LogP contribution in [0.25, 0.3) is 11.4 Å². The van der Waals surface area contributed by atoms with Crippen LogP contribution in [0.4, 0.5) is 0 Å². The summed E-state index contributed by atoms with van der Waals surface area (Å²) in [6, 6.07) is 17.0. The van der Waals surface area contributed by atoms with Crippen LogP contribution in [0.15, 0.2) is 65.4 Å². The second-order valence-corrected chi connectivity index (χ2v) is 9.18. The Bertz CT molecular complexity index is 1060. The molecule has 1 aromatic heterocycles. The second kappa shape index (κ2) is 7.13. The van der Waals surface area contributed by atoms with E-state index in [2.05, 4.69) is 87.1 Å². The minimum absolute atomic E-state index is 0.261. The molecule has 2 unspecified atom stereocenters. The van der Waals surface area contributed by atoms with Gasteiger partial charge in [-0.25, -0.2) is 4.98 Å².